The number of hydrogen-bond donors (Lipinski definition) is 1. The van der Waals surface area contributed by atoms with Crippen molar-refractivity contribution in [3.63, 3.8) is 0 Å². The van der Waals surface area contributed by atoms with Crippen LogP contribution < -0.4 is 5.73 Å². The smallest absolute Gasteiger partial charge is 0.163 e. The number of aromatic nitrogens is 1. The lowest BCUT2D eigenvalue weighted by molar-refractivity contribution is 0.0984. The van der Waals surface area contributed by atoms with Crippen molar-refractivity contribution in [1.29, 1.82) is 0 Å². The molecule has 1 heterocycles. The third-order valence-corrected chi connectivity index (χ3v) is 3.60. The monoisotopic (exact) mass is 276 g/mol. The molecular weight excluding hydrogens is 260 g/mol. The fourth-order valence-electron chi connectivity index (χ4n) is 2.44. The minimum atomic E-state index is 0.156. The first-order chi connectivity index (χ1) is 10.2. The van der Waals surface area contributed by atoms with Crippen LogP contribution in [0.4, 0.5) is 5.69 Å². The molecule has 0 fully saturated rings. The molecular formula is C18H16N2O. The summed E-state index contributed by atoms with van der Waals surface area (Å²) >= 11 is 0. The lowest BCUT2D eigenvalue weighted by Crippen LogP contribution is -2.02. The zero-order valence-corrected chi connectivity index (χ0v) is 11.6. The number of ketones is 1. The largest absolute Gasteiger partial charge is 0.399 e. The molecule has 0 saturated carbocycles. The number of fused-ring (bicyclic) bond motifs is 1. The normalized spacial score (nSPS) is 10.7. The second-order valence-corrected chi connectivity index (χ2v) is 5.07. The molecule has 3 nitrogen and oxygen atoms in total. The molecule has 0 aliphatic heterocycles. The number of rotatable bonds is 4. The summed E-state index contributed by atoms with van der Waals surface area (Å²) in [4.78, 5) is 16.5. The van der Waals surface area contributed by atoms with Gasteiger partial charge in [-0.2, -0.15) is 0 Å². The van der Waals surface area contributed by atoms with Gasteiger partial charge in [0, 0.05) is 35.5 Å². The number of carbonyl (C=O) groups is 1. The second-order valence-electron chi connectivity index (χ2n) is 5.07. The first-order valence-electron chi connectivity index (χ1n) is 6.94. The highest BCUT2D eigenvalue weighted by molar-refractivity contribution is 6.07. The van der Waals surface area contributed by atoms with Gasteiger partial charge in [0.25, 0.3) is 0 Å². The second kappa shape index (κ2) is 5.75. The average molecular weight is 276 g/mol. The van der Waals surface area contributed by atoms with Crippen LogP contribution in [0.2, 0.25) is 0 Å². The molecule has 0 aliphatic rings. The third kappa shape index (κ3) is 2.92. The Hall–Kier alpha value is -2.68. The molecule has 0 spiro atoms. The fraction of sp³-hybridized carbons (Fsp3) is 0.111. The van der Waals surface area contributed by atoms with Crippen molar-refractivity contribution >= 4 is 22.2 Å². The minimum Gasteiger partial charge on any atom is -0.399 e. The van der Waals surface area contributed by atoms with Gasteiger partial charge in [-0.1, -0.05) is 30.3 Å². The first kappa shape index (κ1) is 13.3. The number of hydrogen-bond acceptors (Lipinski definition) is 3. The Morgan fingerprint density at radius 1 is 1.05 bits per heavy atom. The maximum absolute atomic E-state index is 12.5. The molecule has 2 N–H and O–H groups in total. The standard InChI is InChI=1S/C18H16N2O/c19-15-7-4-13(5-8-15)6-9-18(21)17-3-1-2-14-12-20-11-10-16(14)17/h1-5,7-8,10-12H,6,9,19H2. The summed E-state index contributed by atoms with van der Waals surface area (Å²) < 4.78 is 0. The Kier molecular flexibility index (Phi) is 3.65. The highest BCUT2D eigenvalue weighted by Gasteiger charge is 2.10. The maximum atomic E-state index is 12.5. The summed E-state index contributed by atoms with van der Waals surface area (Å²) in [6.45, 7) is 0. The Bertz CT molecular complexity index is 773. The average Bonchev–Trinajstić information content (AvgIpc) is 2.53. The third-order valence-electron chi connectivity index (χ3n) is 3.60. The summed E-state index contributed by atoms with van der Waals surface area (Å²) in [5.74, 6) is 0.156. The molecule has 3 aromatic rings. The summed E-state index contributed by atoms with van der Waals surface area (Å²) in [6, 6.07) is 15.3. The van der Waals surface area contributed by atoms with Crippen LogP contribution in [0.15, 0.2) is 60.9 Å². The molecule has 0 atom stereocenters. The lowest BCUT2D eigenvalue weighted by atomic mass is 9.98. The lowest BCUT2D eigenvalue weighted by Gasteiger charge is -2.06. The number of benzene rings is 2. The van der Waals surface area contributed by atoms with E-state index in [2.05, 4.69) is 4.98 Å². The summed E-state index contributed by atoms with van der Waals surface area (Å²) in [5, 5.41) is 1.96. The Morgan fingerprint density at radius 3 is 2.67 bits per heavy atom. The van der Waals surface area contributed by atoms with Gasteiger partial charge < -0.3 is 5.73 Å². The van der Waals surface area contributed by atoms with Crippen LogP contribution in [0.3, 0.4) is 0 Å². The van der Waals surface area contributed by atoms with Gasteiger partial charge in [-0.15, -0.1) is 0 Å². The van der Waals surface area contributed by atoms with E-state index in [1.165, 1.54) is 0 Å². The van der Waals surface area contributed by atoms with E-state index in [4.69, 9.17) is 5.73 Å². The van der Waals surface area contributed by atoms with E-state index in [0.29, 0.717) is 6.42 Å². The number of aryl methyl sites for hydroxylation is 1. The fourth-order valence-corrected chi connectivity index (χ4v) is 2.44. The topological polar surface area (TPSA) is 56.0 Å². The van der Waals surface area contributed by atoms with Crippen molar-refractivity contribution in [2.24, 2.45) is 0 Å². The molecule has 3 heteroatoms. The van der Waals surface area contributed by atoms with Gasteiger partial charge in [-0.3, -0.25) is 9.78 Å². The molecule has 0 amide bonds. The van der Waals surface area contributed by atoms with E-state index in [1.54, 1.807) is 12.4 Å². The van der Waals surface area contributed by atoms with Crippen LogP contribution in [-0.4, -0.2) is 10.8 Å². The van der Waals surface area contributed by atoms with E-state index >= 15 is 0 Å². The Morgan fingerprint density at radius 2 is 1.86 bits per heavy atom. The van der Waals surface area contributed by atoms with Gasteiger partial charge in [0.2, 0.25) is 0 Å². The van der Waals surface area contributed by atoms with Gasteiger partial charge in [0.1, 0.15) is 0 Å². The van der Waals surface area contributed by atoms with E-state index in [1.807, 2.05) is 48.5 Å². The number of pyridine rings is 1. The van der Waals surface area contributed by atoms with Crippen molar-refractivity contribution < 1.29 is 4.79 Å². The molecule has 0 aliphatic carbocycles. The van der Waals surface area contributed by atoms with Gasteiger partial charge in [0.05, 0.1) is 0 Å². The van der Waals surface area contributed by atoms with Crippen molar-refractivity contribution in [3.8, 4) is 0 Å². The van der Waals surface area contributed by atoms with Gasteiger partial charge in [0.15, 0.2) is 5.78 Å². The molecule has 0 saturated heterocycles. The van der Waals surface area contributed by atoms with Crippen molar-refractivity contribution in [2.45, 2.75) is 12.8 Å². The van der Waals surface area contributed by atoms with Crippen LogP contribution in [0, 0.1) is 0 Å². The van der Waals surface area contributed by atoms with Crippen LogP contribution in [-0.2, 0) is 6.42 Å². The Balaban J connectivity index is 1.79. The maximum Gasteiger partial charge on any atom is 0.163 e. The molecule has 3 rings (SSSR count). The van der Waals surface area contributed by atoms with Crippen LogP contribution in [0.25, 0.3) is 10.8 Å². The van der Waals surface area contributed by atoms with Gasteiger partial charge in [-0.05, 0) is 35.6 Å². The van der Waals surface area contributed by atoms with E-state index in [9.17, 15) is 4.79 Å². The summed E-state index contributed by atoms with van der Waals surface area (Å²) in [7, 11) is 0. The van der Waals surface area contributed by atoms with E-state index < -0.39 is 0 Å². The molecule has 0 bridgehead atoms. The number of nitrogens with zero attached hydrogens (tertiary/aromatic N) is 1. The minimum absolute atomic E-state index is 0.156. The number of nitrogens with two attached hydrogens (primary N) is 1. The molecule has 0 unspecified atom stereocenters. The van der Waals surface area contributed by atoms with Gasteiger partial charge >= 0.3 is 0 Å². The summed E-state index contributed by atoms with van der Waals surface area (Å²) in [5.41, 5.74) is 8.30. The number of anilines is 1. The predicted octanol–water partition coefficient (Wildman–Crippen LogP) is 3.63. The van der Waals surface area contributed by atoms with Crippen LogP contribution in [0.1, 0.15) is 22.3 Å². The number of nitrogen functional groups attached to an aromatic ring is 1. The zero-order chi connectivity index (χ0) is 14.7. The van der Waals surface area contributed by atoms with Crippen LogP contribution in [0.5, 0.6) is 0 Å². The van der Waals surface area contributed by atoms with Crippen LogP contribution >= 0.6 is 0 Å². The summed E-state index contributed by atoms with van der Waals surface area (Å²) in [6.07, 6.45) is 4.72. The molecule has 0 radical (unpaired) electrons. The van der Waals surface area contributed by atoms with Crippen molar-refractivity contribution in [1.82, 2.24) is 4.98 Å². The van der Waals surface area contributed by atoms with E-state index in [0.717, 1.165) is 34.0 Å². The number of carbonyl (C=O) groups excluding carboxylic acids is 1. The Labute approximate surface area is 123 Å². The quantitative estimate of drug-likeness (QED) is 0.584. The molecule has 104 valence electrons. The molecule has 2 aromatic carbocycles. The highest BCUT2D eigenvalue weighted by Crippen LogP contribution is 2.19. The predicted molar refractivity (Wildman–Crippen MR) is 85.2 cm³/mol. The highest BCUT2D eigenvalue weighted by atomic mass is 16.1. The zero-order valence-electron chi connectivity index (χ0n) is 11.6. The van der Waals surface area contributed by atoms with Crippen molar-refractivity contribution in [3.05, 3.63) is 72.1 Å². The molecule has 21 heavy (non-hydrogen) atoms. The van der Waals surface area contributed by atoms with Crippen molar-refractivity contribution in [2.75, 3.05) is 5.73 Å². The number of Topliss-reactive ketones (excluding diaryl/α,β-unsaturated/α-hetero) is 1. The van der Waals surface area contributed by atoms with E-state index in [-0.39, 0.29) is 5.78 Å². The van der Waals surface area contributed by atoms with Gasteiger partial charge in [-0.25, -0.2) is 0 Å². The first-order valence-corrected chi connectivity index (χ1v) is 6.94. The molecule has 1 aromatic heterocycles. The SMILES string of the molecule is Nc1ccc(CCC(=O)c2cccc3cnccc23)cc1.